The van der Waals surface area contributed by atoms with E-state index in [2.05, 4.69) is 11.1 Å². The van der Waals surface area contributed by atoms with Crippen molar-refractivity contribution >= 4 is 28.0 Å². The third-order valence-corrected chi connectivity index (χ3v) is 4.06. The van der Waals surface area contributed by atoms with Gasteiger partial charge in [-0.3, -0.25) is 9.78 Å². The molecule has 0 aliphatic carbocycles. The number of pyridine rings is 1. The third-order valence-electron chi connectivity index (χ3n) is 3.13. The van der Waals surface area contributed by atoms with E-state index in [9.17, 15) is 4.79 Å². The van der Waals surface area contributed by atoms with Gasteiger partial charge in [0.2, 0.25) is 0 Å². The van der Waals surface area contributed by atoms with Crippen LogP contribution in [0, 0.1) is 0 Å². The Morgan fingerprint density at radius 3 is 2.84 bits per heavy atom. The molecule has 0 aliphatic heterocycles. The lowest BCUT2D eigenvalue weighted by atomic mass is 10.0. The van der Waals surface area contributed by atoms with Crippen molar-refractivity contribution in [2.24, 2.45) is 0 Å². The van der Waals surface area contributed by atoms with Crippen molar-refractivity contribution in [3.05, 3.63) is 64.5 Å². The molecule has 0 bridgehead atoms. The normalized spacial score (nSPS) is 10.7. The van der Waals surface area contributed by atoms with Gasteiger partial charge in [-0.05, 0) is 30.0 Å². The second kappa shape index (κ2) is 5.33. The van der Waals surface area contributed by atoms with Gasteiger partial charge in [0.05, 0.1) is 5.52 Å². The highest BCUT2D eigenvalue weighted by Crippen LogP contribution is 2.19. The topological polar surface area (TPSA) is 30.0 Å². The van der Waals surface area contributed by atoms with Crippen molar-refractivity contribution in [3.63, 3.8) is 0 Å². The van der Waals surface area contributed by atoms with Crippen LogP contribution in [0.4, 0.5) is 0 Å². The molecular weight excluding hydrogens is 254 g/mol. The second-order valence-electron chi connectivity index (χ2n) is 4.38. The first-order valence-electron chi connectivity index (χ1n) is 6.24. The maximum atomic E-state index is 12.3. The van der Waals surface area contributed by atoms with Crippen molar-refractivity contribution in [1.82, 2.24) is 4.98 Å². The summed E-state index contributed by atoms with van der Waals surface area (Å²) in [7, 11) is 0. The van der Waals surface area contributed by atoms with Gasteiger partial charge < -0.3 is 0 Å². The van der Waals surface area contributed by atoms with Crippen LogP contribution in [0.3, 0.4) is 0 Å². The largest absolute Gasteiger partial charge is 0.294 e. The highest BCUT2D eigenvalue weighted by molar-refractivity contribution is 7.09. The highest BCUT2D eigenvalue weighted by Gasteiger charge is 2.10. The summed E-state index contributed by atoms with van der Waals surface area (Å²) in [5.74, 6) is 0.187. The molecule has 3 aromatic rings. The predicted octanol–water partition coefficient (Wildman–Crippen LogP) is 4.11. The maximum Gasteiger partial charge on any atom is 0.163 e. The quantitative estimate of drug-likeness (QED) is 0.666. The Kier molecular flexibility index (Phi) is 3.38. The van der Waals surface area contributed by atoms with E-state index in [0.717, 1.165) is 22.9 Å². The van der Waals surface area contributed by atoms with E-state index in [1.54, 1.807) is 17.5 Å². The molecule has 0 fully saturated rings. The summed E-state index contributed by atoms with van der Waals surface area (Å²) in [5, 5.41) is 2.99. The zero-order valence-electron chi connectivity index (χ0n) is 10.4. The van der Waals surface area contributed by atoms with Gasteiger partial charge >= 0.3 is 0 Å². The zero-order chi connectivity index (χ0) is 13.1. The van der Waals surface area contributed by atoms with Crippen LogP contribution in [0.25, 0.3) is 10.9 Å². The molecule has 0 saturated carbocycles. The molecule has 94 valence electrons. The Morgan fingerprint density at radius 2 is 2.00 bits per heavy atom. The molecule has 0 radical (unpaired) electrons. The summed E-state index contributed by atoms with van der Waals surface area (Å²) in [6, 6.07) is 13.7. The maximum absolute atomic E-state index is 12.3. The summed E-state index contributed by atoms with van der Waals surface area (Å²) in [6.45, 7) is 0. The first kappa shape index (κ1) is 12.1. The van der Waals surface area contributed by atoms with Crippen molar-refractivity contribution < 1.29 is 4.79 Å². The predicted molar refractivity (Wildman–Crippen MR) is 78.7 cm³/mol. The molecule has 2 heterocycles. The van der Waals surface area contributed by atoms with Crippen molar-refractivity contribution in [2.45, 2.75) is 12.8 Å². The average molecular weight is 267 g/mol. The summed E-state index contributed by atoms with van der Waals surface area (Å²) in [5.41, 5.74) is 1.66. The van der Waals surface area contributed by atoms with Gasteiger partial charge in [0.25, 0.3) is 0 Å². The first-order valence-corrected chi connectivity index (χ1v) is 7.12. The molecule has 3 rings (SSSR count). The van der Waals surface area contributed by atoms with Gasteiger partial charge in [-0.15, -0.1) is 11.3 Å². The second-order valence-corrected chi connectivity index (χ2v) is 5.41. The number of carbonyl (C=O) groups is 1. The molecule has 0 amide bonds. The van der Waals surface area contributed by atoms with E-state index in [0.29, 0.717) is 6.42 Å². The number of rotatable bonds is 4. The minimum atomic E-state index is 0.187. The number of fused-ring (bicyclic) bond motifs is 1. The van der Waals surface area contributed by atoms with Crippen molar-refractivity contribution in [2.75, 3.05) is 0 Å². The molecule has 0 N–H and O–H groups in total. The van der Waals surface area contributed by atoms with Gasteiger partial charge in [-0.1, -0.05) is 24.3 Å². The molecule has 19 heavy (non-hydrogen) atoms. The number of carbonyl (C=O) groups excluding carboxylic acids is 1. The number of Topliss-reactive ketones (excluding diaryl/α,β-unsaturated/α-hetero) is 1. The number of hydrogen-bond donors (Lipinski definition) is 0. The lowest BCUT2D eigenvalue weighted by Crippen LogP contribution is -2.02. The van der Waals surface area contributed by atoms with Crippen LogP contribution in [0.2, 0.25) is 0 Å². The smallest absolute Gasteiger partial charge is 0.163 e. The number of benzene rings is 1. The molecule has 0 atom stereocenters. The SMILES string of the molecule is O=C(CCc1cccs1)c1ccnc2ccccc12. The number of aromatic nitrogens is 1. The van der Waals surface area contributed by atoms with Crippen LogP contribution < -0.4 is 0 Å². The van der Waals surface area contributed by atoms with E-state index in [1.165, 1.54) is 4.88 Å². The number of hydrogen-bond acceptors (Lipinski definition) is 3. The number of aryl methyl sites for hydroxylation is 1. The lowest BCUT2D eigenvalue weighted by Gasteiger charge is -2.04. The monoisotopic (exact) mass is 267 g/mol. The van der Waals surface area contributed by atoms with Gasteiger partial charge in [0, 0.05) is 28.4 Å². The molecule has 3 heteroatoms. The molecule has 0 aliphatic rings. The minimum Gasteiger partial charge on any atom is -0.294 e. The van der Waals surface area contributed by atoms with E-state index in [4.69, 9.17) is 0 Å². The van der Waals surface area contributed by atoms with Crippen LogP contribution in [0.15, 0.2) is 54.0 Å². The Bertz CT molecular complexity index is 698. The Balaban J connectivity index is 1.85. The highest BCUT2D eigenvalue weighted by atomic mass is 32.1. The van der Waals surface area contributed by atoms with Gasteiger partial charge in [-0.25, -0.2) is 0 Å². The molecular formula is C16H13NOS. The van der Waals surface area contributed by atoms with E-state index < -0.39 is 0 Å². The van der Waals surface area contributed by atoms with Crippen molar-refractivity contribution in [1.29, 1.82) is 0 Å². The number of nitrogens with zero attached hydrogens (tertiary/aromatic N) is 1. The van der Waals surface area contributed by atoms with Crippen LogP contribution >= 0.6 is 11.3 Å². The number of thiophene rings is 1. The third kappa shape index (κ3) is 2.56. The van der Waals surface area contributed by atoms with Crippen LogP contribution in [-0.4, -0.2) is 10.8 Å². The van der Waals surface area contributed by atoms with Crippen LogP contribution in [0.1, 0.15) is 21.7 Å². The summed E-state index contributed by atoms with van der Waals surface area (Å²) in [6.07, 6.45) is 3.07. The first-order chi connectivity index (χ1) is 9.34. The molecule has 0 saturated heterocycles. The summed E-state index contributed by atoms with van der Waals surface area (Å²) in [4.78, 5) is 17.9. The number of para-hydroxylation sites is 1. The van der Waals surface area contributed by atoms with Crippen LogP contribution in [-0.2, 0) is 6.42 Å². The van der Waals surface area contributed by atoms with Gasteiger partial charge in [0.1, 0.15) is 0 Å². The Hall–Kier alpha value is -2.00. The average Bonchev–Trinajstić information content (AvgIpc) is 2.97. The fourth-order valence-corrected chi connectivity index (χ4v) is 2.87. The zero-order valence-corrected chi connectivity index (χ0v) is 11.2. The molecule has 1 aromatic carbocycles. The van der Waals surface area contributed by atoms with E-state index >= 15 is 0 Å². The summed E-state index contributed by atoms with van der Waals surface area (Å²) < 4.78 is 0. The molecule has 0 spiro atoms. The van der Waals surface area contributed by atoms with Crippen molar-refractivity contribution in [3.8, 4) is 0 Å². The minimum absolute atomic E-state index is 0.187. The molecule has 2 nitrogen and oxygen atoms in total. The van der Waals surface area contributed by atoms with E-state index in [1.807, 2.05) is 41.8 Å². The fourth-order valence-electron chi connectivity index (χ4n) is 2.17. The molecule has 2 aromatic heterocycles. The standard InChI is InChI=1S/C16H13NOS/c18-16(8-7-12-4-3-11-19-12)14-9-10-17-15-6-2-1-5-13(14)15/h1-6,9-11H,7-8H2. The Labute approximate surface area is 115 Å². The molecule has 0 unspecified atom stereocenters. The number of ketones is 1. The Morgan fingerprint density at radius 1 is 1.11 bits per heavy atom. The fraction of sp³-hybridized carbons (Fsp3) is 0.125. The summed E-state index contributed by atoms with van der Waals surface area (Å²) >= 11 is 1.70. The van der Waals surface area contributed by atoms with Gasteiger partial charge in [0.15, 0.2) is 5.78 Å². The van der Waals surface area contributed by atoms with Crippen LogP contribution in [0.5, 0.6) is 0 Å². The lowest BCUT2D eigenvalue weighted by molar-refractivity contribution is 0.0984. The van der Waals surface area contributed by atoms with E-state index in [-0.39, 0.29) is 5.78 Å². The van der Waals surface area contributed by atoms with Gasteiger partial charge in [-0.2, -0.15) is 0 Å².